The highest BCUT2D eigenvalue weighted by atomic mass is 16.3. The average molecular weight is 526 g/mol. The minimum absolute atomic E-state index is 0.393. The molecule has 0 saturated heterocycles. The number of rotatable bonds is 8. The number of allylic oxidation sites excluding steroid dienone is 4. The molecule has 9 nitrogen and oxygen atoms in total. The first-order valence-corrected chi connectivity index (χ1v) is 12.5. The van der Waals surface area contributed by atoms with Crippen LogP contribution in [0.4, 0.5) is 34.1 Å². The quantitative estimate of drug-likeness (QED) is 0.107. The van der Waals surface area contributed by atoms with Gasteiger partial charge in [0.25, 0.3) is 5.69 Å². The number of azo groups is 2. The van der Waals surface area contributed by atoms with Crippen LogP contribution in [-0.2, 0) is 0 Å². The molecule has 1 aliphatic carbocycles. The third-order valence-corrected chi connectivity index (χ3v) is 5.71. The van der Waals surface area contributed by atoms with Crippen LogP contribution in [-0.4, -0.2) is 16.3 Å². The molecule has 4 aromatic carbocycles. The minimum atomic E-state index is 0.393. The molecule has 40 heavy (non-hydrogen) atoms. The lowest BCUT2D eigenvalue weighted by atomic mass is 10.1. The molecule has 1 N–H and O–H groups in total. The highest BCUT2D eigenvalue weighted by Gasteiger charge is 2.16. The van der Waals surface area contributed by atoms with Gasteiger partial charge in [0.2, 0.25) is 0 Å². The van der Waals surface area contributed by atoms with Crippen molar-refractivity contribution in [1.82, 2.24) is 0 Å². The Kier molecular flexibility index (Phi) is 8.23. The molecule has 5 rings (SSSR count). The SMILES string of the molecule is Cc1cc([N+](=O)N=C2C=CC(=NNc3ccccc3)C=C2)ccc1N=Nc1ccc(N=Nc2ccccc2)cc1. The molecule has 0 radical (unpaired) electrons. The Morgan fingerprint density at radius 3 is 1.77 bits per heavy atom. The van der Waals surface area contributed by atoms with Crippen molar-refractivity contribution >= 4 is 45.5 Å². The number of nitroso groups, excluding NO2 is 1. The molecule has 0 aliphatic heterocycles. The van der Waals surface area contributed by atoms with Crippen LogP contribution in [0.1, 0.15) is 5.56 Å². The molecule has 194 valence electrons. The number of hydrogen-bond donors (Lipinski definition) is 1. The maximum atomic E-state index is 12.7. The number of anilines is 1. The van der Waals surface area contributed by atoms with E-state index in [1.54, 1.807) is 42.5 Å². The summed E-state index contributed by atoms with van der Waals surface area (Å²) in [6.07, 6.45) is 7.05. The first kappa shape index (κ1) is 25.9. The van der Waals surface area contributed by atoms with Gasteiger partial charge in [-0.1, -0.05) is 36.4 Å². The van der Waals surface area contributed by atoms with Crippen LogP contribution in [0.3, 0.4) is 0 Å². The van der Waals surface area contributed by atoms with E-state index >= 15 is 0 Å². The summed E-state index contributed by atoms with van der Waals surface area (Å²) >= 11 is 0. The molecule has 0 saturated carbocycles. The molecule has 0 heterocycles. The predicted octanol–water partition coefficient (Wildman–Crippen LogP) is 9.19. The van der Waals surface area contributed by atoms with Crippen molar-refractivity contribution in [3.05, 3.63) is 138 Å². The van der Waals surface area contributed by atoms with Gasteiger partial charge in [-0.3, -0.25) is 5.43 Å². The van der Waals surface area contributed by atoms with Crippen LogP contribution < -0.4 is 5.43 Å². The summed E-state index contributed by atoms with van der Waals surface area (Å²) in [6, 6.07) is 31.6. The third-order valence-electron chi connectivity index (χ3n) is 5.71. The van der Waals surface area contributed by atoms with Gasteiger partial charge in [-0.25, -0.2) is 0 Å². The Hall–Kier alpha value is -5.70. The van der Waals surface area contributed by atoms with Crippen molar-refractivity contribution in [2.75, 3.05) is 5.43 Å². The number of nitrogens with one attached hydrogen (secondary N) is 1. The number of hydrazone groups is 2. The summed E-state index contributed by atoms with van der Waals surface area (Å²) in [7, 11) is 0. The van der Waals surface area contributed by atoms with E-state index in [4.69, 9.17) is 0 Å². The lowest BCUT2D eigenvalue weighted by Gasteiger charge is -2.02. The van der Waals surface area contributed by atoms with E-state index in [-0.39, 0.29) is 0 Å². The molecule has 0 fully saturated rings. The first-order chi connectivity index (χ1) is 19.6. The highest BCUT2D eigenvalue weighted by molar-refractivity contribution is 6.18. The zero-order valence-corrected chi connectivity index (χ0v) is 21.7. The number of aryl methyl sites for hydroxylation is 1. The predicted molar refractivity (Wildman–Crippen MR) is 159 cm³/mol. The summed E-state index contributed by atoms with van der Waals surface area (Å²) < 4.78 is 0. The Labute approximate surface area is 231 Å². The maximum Gasteiger partial charge on any atom is 0.295 e. The lowest BCUT2D eigenvalue weighted by Crippen LogP contribution is -2.05. The standard InChI is InChI=1S/C31H25N8O/c1-23-22-30(39(40)38-29-18-16-27(17-19-29)35-33-25-10-6-3-7-11-25)20-21-31(23)37-36-28-14-12-26(13-15-28)34-32-24-8-4-2-5-9-24/h2-22,33H,1H3/q+1. The normalized spacial score (nSPS) is 12.7. The summed E-state index contributed by atoms with van der Waals surface area (Å²) in [5.41, 5.74) is 9.14. The molecule has 0 atom stereocenters. The smallest absolute Gasteiger partial charge is 0.278 e. The van der Waals surface area contributed by atoms with E-state index in [1.165, 1.54) is 0 Å². The van der Waals surface area contributed by atoms with Gasteiger partial charge in [0, 0.05) is 12.1 Å². The third kappa shape index (κ3) is 7.20. The van der Waals surface area contributed by atoms with Gasteiger partial charge in [-0.2, -0.15) is 25.6 Å². The molecule has 0 spiro atoms. The lowest BCUT2D eigenvalue weighted by molar-refractivity contribution is -0.467. The van der Waals surface area contributed by atoms with Gasteiger partial charge >= 0.3 is 0 Å². The second-order valence-electron chi connectivity index (χ2n) is 8.70. The van der Waals surface area contributed by atoms with Gasteiger partial charge in [0.1, 0.15) is 5.71 Å². The Morgan fingerprint density at radius 1 is 0.600 bits per heavy atom. The van der Waals surface area contributed by atoms with Crippen LogP contribution in [0, 0.1) is 11.8 Å². The van der Waals surface area contributed by atoms with Crippen LogP contribution in [0.15, 0.2) is 158 Å². The Balaban J connectivity index is 1.18. The van der Waals surface area contributed by atoms with Crippen molar-refractivity contribution in [3.8, 4) is 0 Å². The van der Waals surface area contributed by atoms with Gasteiger partial charge in [0.15, 0.2) is 4.87 Å². The molecule has 0 bridgehead atoms. The number of benzene rings is 4. The summed E-state index contributed by atoms with van der Waals surface area (Å²) in [4.78, 5) is 13.3. The molecule has 0 aromatic heterocycles. The minimum Gasteiger partial charge on any atom is -0.278 e. The molecule has 9 heteroatoms. The number of hydrogen-bond acceptors (Lipinski definition) is 7. The summed E-state index contributed by atoms with van der Waals surface area (Å²) in [5, 5.41) is 25.6. The van der Waals surface area contributed by atoms with Crippen molar-refractivity contribution < 1.29 is 4.87 Å². The topological polar surface area (TPSA) is 106 Å². The van der Waals surface area contributed by atoms with E-state index in [9.17, 15) is 4.91 Å². The molecule has 0 amide bonds. The largest absolute Gasteiger partial charge is 0.295 e. The van der Waals surface area contributed by atoms with Gasteiger partial charge in [-0.15, -0.1) is 0 Å². The van der Waals surface area contributed by atoms with E-state index in [0.717, 1.165) is 28.3 Å². The number of nitrogens with zero attached hydrogens (tertiary/aromatic N) is 7. The number of para-hydroxylation sites is 1. The maximum absolute atomic E-state index is 12.7. The van der Waals surface area contributed by atoms with Crippen LogP contribution >= 0.6 is 0 Å². The van der Waals surface area contributed by atoms with Crippen molar-refractivity contribution in [2.24, 2.45) is 30.7 Å². The molecule has 4 aromatic rings. The van der Waals surface area contributed by atoms with Crippen molar-refractivity contribution in [2.45, 2.75) is 6.92 Å². The second-order valence-corrected chi connectivity index (χ2v) is 8.70. The highest BCUT2D eigenvalue weighted by Crippen LogP contribution is 2.27. The fourth-order valence-electron chi connectivity index (χ4n) is 3.58. The van der Waals surface area contributed by atoms with Gasteiger partial charge < -0.3 is 0 Å². The van der Waals surface area contributed by atoms with Crippen LogP contribution in [0.25, 0.3) is 0 Å². The van der Waals surface area contributed by atoms with Crippen molar-refractivity contribution in [1.29, 1.82) is 0 Å². The zero-order chi connectivity index (χ0) is 27.6. The summed E-state index contributed by atoms with van der Waals surface area (Å²) in [6.45, 7) is 1.87. The van der Waals surface area contributed by atoms with E-state index in [0.29, 0.717) is 27.6 Å². The molecule has 1 aliphatic rings. The summed E-state index contributed by atoms with van der Waals surface area (Å²) in [5.74, 6) is 0. The van der Waals surface area contributed by atoms with Crippen LogP contribution in [0.5, 0.6) is 0 Å². The zero-order valence-electron chi connectivity index (χ0n) is 21.7. The van der Waals surface area contributed by atoms with Gasteiger partial charge in [-0.05, 0) is 91.4 Å². The van der Waals surface area contributed by atoms with Crippen molar-refractivity contribution in [3.63, 3.8) is 0 Å². The molecule has 0 unspecified atom stereocenters. The average Bonchev–Trinajstić information content (AvgIpc) is 3.00. The monoisotopic (exact) mass is 525 g/mol. The Morgan fingerprint density at radius 2 is 1.15 bits per heavy atom. The van der Waals surface area contributed by atoms with E-state index in [1.807, 2.05) is 91.9 Å². The molecular weight excluding hydrogens is 500 g/mol. The Bertz CT molecular complexity index is 1650. The van der Waals surface area contributed by atoms with E-state index < -0.39 is 0 Å². The van der Waals surface area contributed by atoms with E-state index in [2.05, 4.69) is 36.1 Å². The molecular formula is C31H25N8O+. The van der Waals surface area contributed by atoms with Crippen LogP contribution in [0.2, 0.25) is 0 Å². The second kappa shape index (κ2) is 12.7. The fraction of sp³-hybridized carbons (Fsp3) is 0.0323. The van der Waals surface area contributed by atoms with Gasteiger partial charge in [0.05, 0.1) is 44.2 Å². The fourth-order valence-corrected chi connectivity index (χ4v) is 3.58. The first-order valence-electron chi connectivity index (χ1n) is 12.5.